The molecule has 0 spiro atoms. The highest BCUT2D eigenvalue weighted by Gasteiger charge is 2.25. The third-order valence-corrected chi connectivity index (χ3v) is 4.50. The van der Waals surface area contributed by atoms with Gasteiger partial charge in [0.1, 0.15) is 5.75 Å². The summed E-state index contributed by atoms with van der Waals surface area (Å²) in [4.78, 5) is 27.7. The highest BCUT2D eigenvalue weighted by molar-refractivity contribution is 5.98. The molecule has 0 aromatic heterocycles. The van der Waals surface area contributed by atoms with Gasteiger partial charge in [-0.3, -0.25) is 9.59 Å². The topological polar surface area (TPSA) is 63.1 Å². The average Bonchev–Trinajstić information content (AvgIpc) is 2.64. The van der Waals surface area contributed by atoms with Crippen LogP contribution < -0.4 is 19.9 Å². The van der Waals surface area contributed by atoms with E-state index < -0.39 is 0 Å². The number of nitrogens with one attached hydrogen (secondary N) is 2. The number of aryl methyl sites for hydroxylation is 1. The molecule has 0 fully saturated rings. The van der Waals surface area contributed by atoms with E-state index in [1.54, 1.807) is 11.0 Å². The Morgan fingerprint density at radius 3 is 2.81 bits per heavy atom. The maximum absolute atomic E-state index is 12.4. The van der Waals surface area contributed by atoms with Crippen molar-refractivity contribution < 1.29 is 19.2 Å². The van der Waals surface area contributed by atoms with Crippen LogP contribution in [0.5, 0.6) is 5.75 Å². The minimum atomic E-state index is -0.0950. The van der Waals surface area contributed by atoms with Crippen LogP contribution in [0, 0.1) is 6.92 Å². The van der Waals surface area contributed by atoms with Crippen LogP contribution in [0.2, 0.25) is 0 Å². The molecule has 0 radical (unpaired) electrons. The number of hydrogen-bond donors (Lipinski definition) is 2. The van der Waals surface area contributed by atoms with Crippen molar-refractivity contribution in [2.24, 2.45) is 0 Å². The summed E-state index contributed by atoms with van der Waals surface area (Å²) in [5, 5.41) is 2.93. The number of anilines is 1. The van der Waals surface area contributed by atoms with Gasteiger partial charge in [0.2, 0.25) is 0 Å². The van der Waals surface area contributed by atoms with Crippen molar-refractivity contribution in [2.75, 3.05) is 38.7 Å². The maximum atomic E-state index is 12.4. The fourth-order valence-electron chi connectivity index (χ4n) is 3.01. The summed E-state index contributed by atoms with van der Waals surface area (Å²) < 4.78 is 5.55. The van der Waals surface area contributed by atoms with Crippen molar-refractivity contribution in [1.82, 2.24) is 5.32 Å². The molecule has 0 bridgehead atoms. The van der Waals surface area contributed by atoms with Crippen LogP contribution in [0.25, 0.3) is 0 Å². The monoisotopic (exact) mass is 368 g/mol. The van der Waals surface area contributed by atoms with E-state index >= 15 is 0 Å². The first kappa shape index (κ1) is 18.9. The van der Waals surface area contributed by atoms with Crippen molar-refractivity contribution in [3.63, 3.8) is 0 Å². The van der Waals surface area contributed by atoms with Gasteiger partial charge in [0, 0.05) is 5.56 Å². The Balaban J connectivity index is 1.75. The lowest BCUT2D eigenvalue weighted by Crippen LogP contribution is -3.06. The molecule has 1 heterocycles. The molecule has 3 rings (SSSR count). The van der Waals surface area contributed by atoms with E-state index in [2.05, 4.69) is 5.32 Å². The van der Waals surface area contributed by atoms with Gasteiger partial charge in [-0.25, -0.2) is 0 Å². The zero-order chi connectivity index (χ0) is 19.4. The number of fused-ring (bicyclic) bond motifs is 1. The predicted octanol–water partition coefficient (Wildman–Crippen LogP) is 0.795. The van der Waals surface area contributed by atoms with Crippen LogP contribution in [0.4, 0.5) is 5.69 Å². The van der Waals surface area contributed by atoms with Crippen molar-refractivity contribution in [2.45, 2.75) is 13.5 Å². The van der Waals surface area contributed by atoms with Gasteiger partial charge in [0.15, 0.2) is 6.61 Å². The van der Waals surface area contributed by atoms with Crippen molar-refractivity contribution in [1.29, 1.82) is 0 Å². The molecule has 0 saturated heterocycles. The number of nitrogens with zero attached hydrogens (tertiary/aromatic N) is 1. The van der Waals surface area contributed by atoms with Crippen molar-refractivity contribution in [3.05, 3.63) is 59.2 Å². The Kier molecular flexibility index (Phi) is 5.76. The molecule has 0 aliphatic carbocycles. The number of quaternary nitrogens is 1. The Morgan fingerprint density at radius 2 is 2.04 bits per heavy atom. The first-order valence-electron chi connectivity index (χ1n) is 9.14. The Labute approximate surface area is 159 Å². The zero-order valence-electron chi connectivity index (χ0n) is 16.0. The van der Waals surface area contributed by atoms with E-state index in [0.29, 0.717) is 18.7 Å². The molecular formula is C21H26N3O3+. The molecule has 6 heteroatoms. The molecular weight excluding hydrogens is 342 g/mol. The summed E-state index contributed by atoms with van der Waals surface area (Å²) >= 11 is 0. The van der Waals surface area contributed by atoms with Gasteiger partial charge in [-0.15, -0.1) is 0 Å². The molecule has 1 aliphatic rings. The second-order valence-electron chi connectivity index (χ2n) is 7.15. The second kappa shape index (κ2) is 8.22. The minimum Gasteiger partial charge on any atom is -0.482 e. The summed E-state index contributed by atoms with van der Waals surface area (Å²) in [6, 6.07) is 13.2. The van der Waals surface area contributed by atoms with Crippen LogP contribution in [-0.4, -0.2) is 45.6 Å². The molecule has 0 atom stereocenters. The van der Waals surface area contributed by atoms with Gasteiger partial charge in [0.05, 0.1) is 39.4 Å². The van der Waals surface area contributed by atoms with Crippen LogP contribution in [0.3, 0.4) is 0 Å². The molecule has 6 nitrogen and oxygen atoms in total. The summed E-state index contributed by atoms with van der Waals surface area (Å²) in [5.74, 6) is 0.535. The number of ether oxygens (including phenoxy) is 1. The molecule has 142 valence electrons. The lowest BCUT2D eigenvalue weighted by Gasteiger charge is -2.29. The Bertz CT molecular complexity index is 848. The van der Waals surface area contributed by atoms with Crippen molar-refractivity contribution in [3.8, 4) is 5.75 Å². The van der Waals surface area contributed by atoms with Gasteiger partial charge in [-0.05, 0) is 42.3 Å². The number of benzene rings is 2. The van der Waals surface area contributed by atoms with Crippen molar-refractivity contribution >= 4 is 17.5 Å². The van der Waals surface area contributed by atoms with Crippen LogP contribution in [0.1, 0.15) is 21.5 Å². The van der Waals surface area contributed by atoms with E-state index in [-0.39, 0.29) is 18.4 Å². The lowest BCUT2D eigenvalue weighted by atomic mass is 10.1. The molecule has 2 N–H and O–H groups in total. The molecule has 2 aromatic rings. The van der Waals surface area contributed by atoms with Gasteiger partial charge < -0.3 is 19.9 Å². The highest BCUT2D eigenvalue weighted by atomic mass is 16.5. The van der Waals surface area contributed by atoms with Gasteiger partial charge in [-0.1, -0.05) is 18.2 Å². The third kappa shape index (κ3) is 4.65. The number of rotatable bonds is 6. The largest absolute Gasteiger partial charge is 0.482 e. The molecule has 2 amide bonds. The van der Waals surface area contributed by atoms with E-state index in [4.69, 9.17) is 4.74 Å². The Morgan fingerprint density at radius 1 is 1.22 bits per heavy atom. The van der Waals surface area contributed by atoms with E-state index in [1.807, 2.05) is 57.4 Å². The summed E-state index contributed by atoms with van der Waals surface area (Å²) in [7, 11) is 4.09. The maximum Gasteiger partial charge on any atom is 0.265 e. The normalized spacial score (nSPS) is 13.3. The summed E-state index contributed by atoms with van der Waals surface area (Å²) in [6.07, 6.45) is 0. The summed E-state index contributed by atoms with van der Waals surface area (Å²) in [6.45, 7) is 3.92. The zero-order valence-corrected chi connectivity index (χ0v) is 16.0. The lowest BCUT2D eigenvalue weighted by molar-refractivity contribution is -0.856. The molecule has 0 unspecified atom stereocenters. The van der Waals surface area contributed by atoms with E-state index in [9.17, 15) is 9.59 Å². The summed E-state index contributed by atoms with van der Waals surface area (Å²) in [5.41, 5.74) is 3.36. The Hall–Kier alpha value is -2.86. The first-order valence-corrected chi connectivity index (χ1v) is 9.14. The first-order chi connectivity index (χ1) is 12.9. The molecule has 2 aromatic carbocycles. The predicted molar refractivity (Wildman–Crippen MR) is 104 cm³/mol. The molecule has 27 heavy (non-hydrogen) atoms. The average molecular weight is 368 g/mol. The third-order valence-electron chi connectivity index (χ3n) is 4.50. The number of likely N-dealkylation sites (N-methyl/N-ethyl adjacent to an activating group) is 1. The highest BCUT2D eigenvalue weighted by Crippen LogP contribution is 2.33. The number of carbonyl (C=O) groups is 2. The number of carbonyl (C=O) groups excluding carboxylic acids is 2. The smallest absolute Gasteiger partial charge is 0.265 e. The van der Waals surface area contributed by atoms with Crippen LogP contribution >= 0.6 is 0 Å². The SMILES string of the molecule is Cc1ccc2c(c1)OCC(=O)N2Cc1cccc(C(=O)NCC[NH+](C)C)c1. The van der Waals surface area contributed by atoms with Gasteiger partial charge in [-0.2, -0.15) is 0 Å². The van der Waals surface area contributed by atoms with E-state index in [0.717, 1.165) is 29.1 Å². The second-order valence-corrected chi connectivity index (χ2v) is 7.15. The molecule has 1 aliphatic heterocycles. The van der Waals surface area contributed by atoms with Gasteiger partial charge >= 0.3 is 0 Å². The number of amides is 2. The standard InChI is InChI=1S/C21H25N3O3/c1-15-7-8-18-19(11-15)27-14-20(25)24(18)13-16-5-4-6-17(12-16)21(26)22-9-10-23(2)3/h4-8,11-12H,9-10,13-14H2,1-3H3,(H,22,26)/p+1. The fourth-order valence-corrected chi connectivity index (χ4v) is 3.01. The van der Waals surface area contributed by atoms with Crippen LogP contribution in [-0.2, 0) is 11.3 Å². The van der Waals surface area contributed by atoms with Gasteiger partial charge in [0.25, 0.3) is 11.8 Å². The van der Waals surface area contributed by atoms with Crippen LogP contribution in [0.15, 0.2) is 42.5 Å². The number of hydrogen-bond acceptors (Lipinski definition) is 3. The fraction of sp³-hybridized carbons (Fsp3) is 0.333. The van der Waals surface area contributed by atoms with E-state index in [1.165, 1.54) is 4.90 Å². The minimum absolute atomic E-state index is 0.0312. The molecule has 0 saturated carbocycles. The quantitative estimate of drug-likeness (QED) is 0.793.